The van der Waals surface area contributed by atoms with Gasteiger partial charge < -0.3 is 5.32 Å². The molecule has 1 aromatic rings. The van der Waals surface area contributed by atoms with E-state index in [1.54, 1.807) is 6.33 Å². The summed E-state index contributed by atoms with van der Waals surface area (Å²) in [7, 11) is 0. The summed E-state index contributed by atoms with van der Waals surface area (Å²) in [5, 5.41) is 7.91. The van der Waals surface area contributed by atoms with Gasteiger partial charge in [0, 0.05) is 12.6 Å². The average Bonchev–Trinajstić information content (AvgIpc) is 2.75. The van der Waals surface area contributed by atoms with E-state index in [0.717, 1.165) is 12.4 Å². The second kappa shape index (κ2) is 5.43. The molecule has 90 valence electrons. The van der Waals surface area contributed by atoms with Crippen LogP contribution in [0.3, 0.4) is 0 Å². The van der Waals surface area contributed by atoms with Crippen molar-refractivity contribution in [2.24, 2.45) is 0 Å². The SMILES string of the molecule is CCCCC(C)NC1CCCn2ncnc21. The Morgan fingerprint density at radius 3 is 3.31 bits per heavy atom. The molecule has 0 fully saturated rings. The Morgan fingerprint density at radius 1 is 1.62 bits per heavy atom. The third-order valence-electron chi connectivity index (χ3n) is 3.30. The van der Waals surface area contributed by atoms with Crippen LogP contribution < -0.4 is 5.32 Å². The van der Waals surface area contributed by atoms with Gasteiger partial charge in [0.05, 0.1) is 6.04 Å². The van der Waals surface area contributed by atoms with Gasteiger partial charge in [0.25, 0.3) is 0 Å². The van der Waals surface area contributed by atoms with Crippen molar-refractivity contribution in [3.63, 3.8) is 0 Å². The average molecular weight is 222 g/mol. The molecule has 2 unspecified atom stereocenters. The van der Waals surface area contributed by atoms with Crippen molar-refractivity contribution in [2.45, 2.75) is 64.6 Å². The molecule has 0 saturated heterocycles. The largest absolute Gasteiger partial charge is 0.305 e. The minimum atomic E-state index is 0.406. The number of nitrogens with zero attached hydrogens (tertiary/aromatic N) is 3. The van der Waals surface area contributed by atoms with E-state index in [9.17, 15) is 0 Å². The van der Waals surface area contributed by atoms with Crippen LogP contribution in [0.5, 0.6) is 0 Å². The Kier molecular flexibility index (Phi) is 3.93. The van der Waals surface area contributed by atoms with Crippen LogP contribution in [-0.2, 0) is 6.54 Å². The zero-order valence-corrected chi connectivity index (χ0v) is 10.3. The van der Waals surface area contributed by atoms with E-state index in [1.807, 2.05) is 4.68 Å². The van der Waals surface area contributed by atoms with E-state index in [0.29, 0.717) is 12.1 Å². The molecule has 1 aliphatic rings. The zero-order valence-electron chi connectivity index (χ0n) is 10.3. The van der Waals surface area contributed by atoms with Crippen LogP contribution >= 0.6 is 0 Å². The molecule has 4 nitrogen and oxygen atoms in total. The maximum atomic E-state index is 4.36. The molecule has 0 amide bonds. The van der Waals surface area contributed by atoms with Crippen molar-refractivity contribution in [1.82, 2.24) is 20.1 Å². The Labute approximate surface area is 97.5 Å². The summed E-state index contributed by atoms with van der Waals surface area (Å²) in [4.78, 5) is 4.36. The lowest BCUT2D eigenvalue weighted by molar-refractivity contribution is 0.332. The molecule has 0 spiro atoms. The third kappa shape index (κ3) is 2.61. The van der Waals surface area contributed by atoms with Gasteiger partial charge in [-0.25, -0.2) is 9.67 Å². The van der Waals surface area contributed by atoms with E-state index in [1.165, 1.54) is 32.1 Å². The van der Waals surface area contributed by atoms with Crippen LogP contribution in [-0.4, -0.2) is 20.8 Å². The number of aryl methyl sites for hydroxylation is 1. The van der Waals surface area contributed by atoms with E-state index in [-0.39, 0.29) is 0 Å². The van der Waals surface area contributed by atoms with Gasteiger partial charge in [-0.3, -0.25) is 0 Å². The highest BCUT2D eigenvalue weighted by Gasteiger charge is 2.23. The van der Waals surface area contributed by atoms with Crippen molar-refractivity contribution >= 4 is 0 Å². The molecule has 0 saturated carbocycles. The fourth-order valence-corrected chi connectivity index (χ4v) is 2.38. The second-order valence-electron chi connectivity index (χ2n) is 4.75. The lowest BCUT2D eigenvalue weighted by Gasteiger charge is -2.26. The standard InChI is InChI=1S/C12H22N4/c1-3-4-6-10(2)15-11-7-5-8-16-12(11)13-9-14-16/h9-11,15H,3-8H2,1-2H3. The number of rotatable bonds is 5. The van der Waals surface area contributed by atoms with Gasteiger partial charge in [0.15, 0.2) is 0 Å². The highest BCUT2D eigenvalue weighted by atomic mass is 15.3. The molecule has 2 rings (SSSR count). The van der Waals surface area contributed by atoms with Crippen molar-refractivity contribution in [2.75, 3.05) is 0 Å². The highest BCUT2D eigenvalue weighted by molar-refractivity contribution is 4.98. The van der Waals surface area contributed by atoms with Gasteiger partial charge in [0.1, 0.15) is 12.2 Å². The molecule has 4 heteroatoms. The quantitative estimate of drug-likeness (QED) is 0.831. The lowest BCUT2D eigenvalue weighted by atomic mass is 10.0. The number of hydrogen-bond donors (Lipinski definition) is 1. The van der Waals surface area contributed by atoms with E-state index >= 15 is 0 Å². The van der Waals surface area contributed by atoms with Crippen LogP contribution in [0, 0.1) is 0 Å². The number of aromatic nitrogens is 3. The predicted octanol–water partition coefficient (Wildman–Crippen LogP) is 2.28. The summed E-state index contributed by atoms with van der Waals surface area (Å²) in [6, 6.07) is 0.983. The lowest BCUT2D eigenvalue weighted by Crippen LogP contribution is -2.34. The predicted molar refractivity (Wildman–Crippen MR) is 64.1 cm³/mol. The summed E-state index contributed by atoms with van der Waals surface area (Å²) in [6.45, 7) is 5.53. The second-order valence-corrected chi connectivity index (χ2v) is 4.75. The molecule has 1 N–H and O–H groups in total. The van der Waals surface area contributed by atoms with E-state index in [2.05, 4.69) is 29.2 Å². The molecule has 1 aromatic heterocycles. The summed E-state index contributed by atoms with van der Waals surface area (Å²) < 4.78 is 2.04. The first-order valence-electron chi connectivity index (χ1n) is 6.45. The minimum Gasteiger partial charge on any atom is -0.305 e. The molecule has 16 heavy (non-hydrogen) atoms. The molecule has 0 aliphatic carbocycles. The smallest absolute Gasteiger partial charge is 0.143 e. The van der Waals surface area contributed by atoms with Gasteiger partial charge in [-0.2, -0.15) is 5.10 Å². The summed E-state index contributed by atoms with van der Waals surface area (Å²) in [5.41, 5.74) is 0. The van der Waals surface area contributed by atoms with E-state index < -0.39 is 0 Å². The topological polar surface area (TPSA) is 42.7 Å². The van der Waals surface area contributed by atoms with Crippen LogP contribution in [0.2, 0.25) is 0 Å². The number of unbranched alkanes of at least 4 members (excludes halogenated alkanes) is 1. The fraction of sp³-hybridized carbons (Fsp3) is 0.833. The monoisotopic (exact) mass is 222 g/mol. The van der Waals surface area contributed by atoms with Gasteiger partial charge in [0.2, 0.25) is 0 Å². The molecular weight excluding hydrogens is 200 g/mol. The zero-order chi connectivity index (χ0) is 11.4. The number of hydrogen-bond acceptors (Lipinski definition) is 3. The third-order valence-corrected chi connectivity index (χ3v) is 3.30. The fourth-order valence-electron chi connectivity index (χ4n) is 2.38. The van der Waals surface area contributed by atoms with Crippen LogP contribution in [0.1, 0.15) is 57.8 Å². The summed E-state index contributed by atoms with van der Waals surface area (Å²) in [6.07, 6.45) is 7.89. The van der Waals surface area contributed by atoms with Crippen molar-refractivity contribution in [3.05, 3.63) is 12.2 Å². The van der Waals surface area contributed by atoms with Crippen molar-refractivity contribution < 1.29 is 0 Å². The van der Waals surface area contributed by atoms with Crippen LogP contribution in [0.15, 0.2) is 6.33 Å². The number of fused-ring (bicyclic) bond motifs is 1. The molecule has 0 radical (unpaired) electrons. The Bertz CT molecular complexity index is 321. The molecule has 2 heterocycles. The van der Waals surface area contributed by atoms with Gasteiger partial charge >= 0.3 is 0 Å². The van der Waals surface area contributed by atoms with Crippen molar-refractivity contribution in [3.8, 4) is 0 Å². The first-order chi connectivity index (χ1) is 7.81. The Balaban J connectivity index is 1.92. The molecule has 1 aliphatic heterocycles. The molecule has 2 atom stereocenters. The van der Waals surface area contributed by atoms with Gasteiger partial charge in [-0.15, -0.1) is 0 Å². The highest BCUT2D eigenvalue weighted by Crippen LogP contribution is 2.23. The number of nitrogens with one attached hydrogen (secondary N) is 1. The van der Waals surface area contributed by atoms with Crippen LogP contribution in [0.4, 0.5) is 0 Å². The van der Waals surface area contributed by atoms with Crippen molar-refractivity contribution in [1.29, 1.82) is 0 Å². The minimum absolute atomic E-state index is 0.406. The first kappa shape index (κ1) is 11.6. The maximum absolute atomic E-state index is 4.36. The maximum Gasteiger partial charge on any atom is 0.143 e. The van der Waals surface area contributed by atoms with Crippen LogP contribution in [0.25, 0.3) is 0 Å². The Morgan fingerprint density at radius 2 is 2.50 bits per heavy atom. The molecular formula is C12H22N4. The molecule has 0 bridgehead atoms. The first-order valence-corrected chi connectivity index (χ1v) is 6.45. The Hall–Kier alpha value is -0.900. The summed E-state index contributed by atoms with van der Waals surface area (Å²) in [5.74, 6) is 1.12. The van der Waals surface area contributed by atoms with Gasteiger partial charge in [-0.05, 0) is 26.2 Å². The summed E-state index contributed by atoms with van der Waals surface area (Å²) >= 11 is 0. The molecule has 0 aromatic carbocycles. The van der Waals surface area contributed by atoms with Gasteiger partial charge in [-0.1, -0.05) is 19.8 Å². The van der Waals surface area contributed by atoms with E-state index in [4.69, 9.17) is 0 Å². The normalized spacial score (nSPS) is 21.8.